The van der Waals surface area contributed by atoms with Crippen LogP contribution in [0.5, 0.6) is 5.75 Å². The molecule has 120 valence electrons. The highest BCUT2D eigenvalue weighted by Gasteiger charge is 2.14. The van der Waals surface area contributed by atoms with Crippen LogP contribution in [0.1, 0.15) is 11.1 Å². The molecule has 0 bridgehead atoms. The van der Waals surface area contributed by atoms with E-state index in [9.17, 15) is 20.0 Å². The highest BCUT2D eigenvalue weighted by Crippen LogP contribution is 2.21. The zero-order valence-electron chi connectivity index (χ0n) is 12.1. The lowest BCUT2D eigenvalue weighted by atomic mass is 10.1. The zero-order chi connectivity index (χ0) is 16.8. The highest BCUT2D eigenvalue weighted by atomic mass is 16.6. The van der Waals surface area contributed by atoms with Gasteiger partial charge in [0.2, 0.25) is 0 Å². The molecule has 0 radical (unpaired) electrons. The van der Waals surface area contributed by atoms with E-state index < -0.39 is 17.0 Å². The smallest absolute Gasteiger partial charge is 0.332 e. The number of ether oxygens (including phenoxy) is 1. The van der Waals surface area contributed by atoms with Crippen molar-refractivity contribution in [3.05, 3.63) is 69.8 Å². The van der Waals surface area contributed by atoms with Gasteiger partial charge >= 0.3 is 5.97 Å². The second-order valence-electron chi connectivity index (χ2n) is 4.88. The van der Waals surface area contributed by atoms with Crippen LogP contribution in [-0.2, 0) is 17.8 Å². The van der Waals surface area contributed by atoms with Crippen LogP contribution in [-0.4, -0.2) is 27.2 Å². The maximum atomic E-state index is 10.9. The van der Waals surface area contributed by atoms with Gasteiger partial charge in [0.25, 0.3) is 5.69 Å². The lowest BCUT2D eigenvalue weighted by Crippen LogP contribution is -2.21. The molecule has 0 aliphatic heterocycles. The third-order valence-corrected chi connectivity index (χ3v) is 3.22. The molecule has 0 aliphatic rings. The maximum Gasteiger partial charge on any atom is 0.332 e. The minimum absolute atomic E-state index is 0.000228. The van der Waals surface area contributed by atoms with Crippen LogP contribution in [0.25, 0.3) is 0 Å². The minimum atomic E-state index is -1.45. The van der Waals surface area contributed by atoms with Crippen molar-refractivity contribution in [2.75, 3.05) is 0 Å². The molecule has 2 aromatic rings. The van der Waals surface area contributed by atoms with Crippen LogP contribution >= 0.6 is 0 Å². The molecule has 2 aromatic carbocycles. The fraction of sp³-hybridized carbons (Fsp3) is 0.188. The highest BCUT2D eigenvalue weighted by molar-refractivity contribution is 5.72. The molecule has 1 atom stereocenters. The molecule has 0 saturated carbocycles. The van der Waals surface area contributed by atoms with Crippen molar-refractivity contribution in [3.8, 4) is 5.75 Å². The molecule has 7 nitrogen and oxygen atoms in total. The standard InChI is InChI=1S/C16H15NO6/c18-15(16(19)20)9-11-5-7-13(8-6-11)23-10-12-3-1-2-4-14(12)17(21)22/h1-8,15,18H,9-10H2,(H,19,20)/t15-/m0/s1. The Balaban J connectivity index is 1.99. The number of carboxylic acid groups (broad SMARTS) is 1. The molecule has 0 amide bonds. The summed E-state index contributed by atoms with van der Waals surface area (Å²) in [6.07, 6.45) is -1.45. The zero-order valence-corrected chi connectivity index (χ0v) is 12.1. The summed E-state index contributed by atoms with van der Waals surface area (Å²) in [5.74, 6) is -0.779. The van der Waals surface area contributed by atoms with Crippen LogP contribution in [0.4, 0.5) is 5.69 Å². The first-order chi connectivity index (χ1) is 11.0. The minimum Gasteiger partial charge on any atom is -0.489 e. The van der Waals surface area contributed by atoms with Crippen molar-refractivity contribution in [3.63, 3.8) is 0 Å². The second kappa shape index (κ2) is 7.37. The van der Waals surface area contributed by atoms with E-state index in [2.05, 4.69) is 0 Å². The van der Waals surface area contributed by atoms with Crippen molar-refractivity contribution in [2.45, 2.75) is 19.1 Å². The van der Waals surface area contributed by atoms with Crippen LogP contribution in [0.15, 0.2) is 48.5 Å². The van der Waals surface area contributed by atoms with Crippen molar-refractivity contribution in [1.29, 1.82) is 0 Å². The van der Waals surface area contributed by atoms with E-state index in [-0.39, 0.29) is 18.7 Å². The van der Waals surface area contributed by atoms with Crippen molar-refractivity contribution in [1.82, 2.24) is 0 Å². The molecule has 7 heteroatoms. The third-order valence-electron chi connectivity index (χ3n) is 3.22. The molecule has 0 aromatic heterocycles. The monoisotopic (exact) mass is 317 g/mol. The molecule has 2 rings (SSSR count). The van der Waals surface area contributed by atoms with Gasteiger partial charge in [0.1, 0.15) is 12.4 Å². The molecule has 0 fully saturated rings. The Bertz CT molecular complexity index is 698. The van der Waals surface area contributed by atoms with Gasteiger partial charge in [0, 0.05) is 12.5 Å². The number of carboxylic acids is 1. The molecule has 0 heterocycles. The number of aliphatic hydroxyl groups is 1. The Morgan fingerprint density at radius 1 is 1.17 bits per heavy atom. The molecule has 2 N–H and O–H groups in total. The summed E-state index contributed by atoms with van der Waals surface area (Å²) < 4.78 is 5.51. The number of aliphatic hydroxyl groups excluding tert-OH is 1. The van der Waals surface area contributed by atoms with Gasteiger partial charge in [-0.15, -0.1) is 0 Å². The summed E-state index contributed by atoms with van der Waals surface area (Å²) >= 11 is 0. The molecule has 0 aliphatic carbocycles. The van der Waals surface area contributed by atoms with Crippen molar-refractivity contribution in [2.24, 2.45) is 0 Å². The largest absolute Gasteiger partial charge is 0.489 e. The van der Waals surface area contributed by atoms with Crippen molar-refractivity contribution >= 4 is 11.7 Å². The van der Waals surface area contributed by atoms with E-state index in [4.69, 9.17) is 9.84 Å². The predicted octanol–water partition coefficient (Wildman–Crippen LogP) is 2.16. The molecular formula is C16H15NO6. The number of nitrogens with zero attached hydrogens (tertiary/aromatic N) is 1. The summed E-state index contributed by atoms with van der Waals surface area (Å²) in [5.41, 5.74) is 1.11. The summed E-state index contributed by atoms with van der Waals surface area (Å²) in [6.45, 7) is 0.0499. The van der Waals surface area contributed by atoms with Crippen LogP contribution in [0, 0.1) is 10.1 Å². The van der Waals surface area contributed by atoms with Gasteiger partial charge in [-0.05, 0) is 23.8 Å². The first-order valence-corrected chi connectivity index (χ1v) is 6.82. The summed E-state index contributed by atoms with van der Waals surface area (Å²) in [5, 5.41) is 28.9. The molecule has 23 heavy (non-hydrogen) atoms. The van der Waals surface area contributed by atoms with E-state index >= 15 is 0 Å². The van der Waals surface area contributed by atoms with Gasteiger partial charge in [0.15, 0.2) is 6.10 Å². The van der Waals surface area contributed by atoms with Crippen LogP contribution in [0.3, 0.4) is 0 Å². The molecule has 0 unspecified atom stereocenters. The number of hydrogen-bond acceptors (Lipinski definition) is 5. The number of hydrogen-bond donors (Lipinski definition) is 2. The fourth-order valence-electron chi connectivity index (χ4n) is 2.00. The van der Waals surface area contributed by atoms with Crippen LogP contribution in [0.2, 0.25) is 0 Å². The number of rotatable bonds is 7. The first-order valence-electron chi connectivity index (χ1n) is 6.82. The average Bonchev–Trinajstić information content (AvgIpc) is 2.54. The van der Waals surface area contributed by atoms with Crippen LogP contribution < -0.4 is 4.74 Å². The lowest BCUT2D eigenvalue weighted by molar-refractivity contribution is -0.385. The van der Waals surface area contributed by atoms with Gasteiger partial charge in [-0.25, -0.2) is 4.79 Å². The van der Waals surface area contributed by atoms with E-state index in [1.165, 1.54) is 6.07 Å². The maximum absolute atomic E-state index is 10.9. The molecule has 0 saturated heterocycles. The number of carbonyl (C=O) groups is 1. The number of nitro groups is 1. The predicted molar refractivity (Wildman–Crippen MR) is 81.2 cm³/mol. The average molecular weight is 317 g/mol. The van der Waals surface area contributed by atoms with Gasteiger partial charge < -0.3 is 14.9 Å². The number of benzene rings is 2. The Morgan fingerprint density at radius 2 is 1.83 bits per heavy atom. The number of nitro benzene ring substituents is 1. The normalized spacial score (nSPS) is 11.7. The Labute approximate surface area is 131 Å². The van der Waals surface area contributed by atoms with E-state index in [1.54, 1.807) is 42.5 Å². The summed E-state index contributed by atoms with van der Waals surface area (Å²) in [4.78, 5) is 21.0. The fourth-order valence-corrected chi connectivity index (χ4v) is 2.00. The first kappa shape index (κ1) is 16.4. The SMILES string of the molecule is O=C(O)[C@@H](O)Cc1ccc(OCc2ccccc2[N+](=O)[O-])cc1. The Morgan fingerprint density at radius 3 is 2.43 bits per heavy atom. The Hall–Kier alpha value is -2.93. The van der Waals surface area contributed by atoms with E-state index in [1.807, 2.05) is 0 Å². The second-order valence-corrected chi connectivity index (χ2v) is 4.88. The molecular weight excluding hydrogens is 302 g/mol. The van der Waals surface area contributed by atoms with Gasteiger partial charge in [-0.3, -0.25) is 10.1 Å². The van der Waals surface area contributed by atoms with E-state index in [0.717, 1.165) is 0 Å². The number of para-hydroxylation sites is 1. The topological polar surface area (TPSA) is 110 Å². The van der Waals surface area contributed by atoms with Gasteiger partial charge in [-0.2, -0.15) is 0 Å². The van der Waals surface area contributed by atoms with E-state index in [0.29, 0.717) is 16.9 Å². The molecule has 0 spiro atoms. The summed E-state index contributed by atoms with van der Waals surface area (Å²) in [6, 6.07) is 12.8. The summed E-state index contributed by atoms with van der Waals surface area (Å²) in [7, 11) is 0. The van der Waals surface area contributed by atoms with Crippen molar-refractivity contribution < 1.29 is 24.7 Å². The third kappa shape index (κ3) is 4.52. The number of aliphatic carboxylic acids is 1. The van der Waals surface area contributed by atoms with Gasteiger partial charge in [-0.1, -0.05) is 24.3 Å². The quantitative estimate of drug-likeness (QED) is 0.598. The lowest BCUT2D eigenvalue weighted by Gasteiger charge is -2.09. The van der Waals surface area contributed by atoms with Gasteiger partial charge in [0.05, 0.1) is 10.5 Å². The Kier molecular flexibility index (Phi) is 5.27.